The fourth-order valence-electron chi connectivity index (χ4n) is 3.89. The van der Waals surface area contributed by atoms with Crippen LogP contribution in [0.25, 0.3) is 0 Å². The Hall–Kier alpha value is -1.34. The number of likely N-dealkylation sites (tertiary alicyclic amines) is 1. The predicted octanol–water partition coefficient (Wildman–Crippen LogP) is 2.72. The number of benzene rings is 1. The third-order valence-corrected chi connectivity index (χ3v) is 5.38. The van der Waals surface area contributed by atoms with E-state index in [1.807, 2.05) is 26.0 Å². The zero-order chi connectivity index (χ0) is 20.7. The van der Waals surface area contributed by atoms with Crippen molar-refractivity contribution in [3.8, 4) is 0 Å². The van der Waals surface area contributed by atoms with Gasteiger partial charge in [0.2, 0.25) is 11.8 Å². The zero-order valence-corrected chi connectivity index (χ0v) is 20.2. The van der Waals surface area contributed by atoms with Gasteiger partial charge < -0.3 is 16.4 Å². The number of rotatable bonds is 8. The maximum atomic E-state index is 12.1. The highest BCUT2D eigenvalue weighted by Gasteiger charge is 2.22. The zero-order valence-electron chi connectivity index (χ0n) is 18.5. The summed E-state index contributed by atoms with van der Waals surface area (Å²) in [5, 5.41) is 5.51. The van der Waals surface area contributed by atoms with Crippen molar-refractivity contribution in [2.24, 2.45) is 23.5 Å². The van der Waals surface area contributed by atoms with E-state index in [-0.39, 0.29) is 49.1 Å². The smallest absolute Gasteiger partial charge is 0.239 e. The summed E-state index contributed by atoms with van der Waals surface area (Å²) in [5.41, 5.74) is 8.15. The molecule has 4 N–H and O–H groups in total. The van der Waals surface area contributed by atoms with Gasteiger partial charge in [0.25, 0.3) is 0 Å². The molecule has 1 aromatic carbocycles. The lowest BCUT2D eigenvalue weighted by atomic mass is 9.91. The number of halogens is 2. The van der Waals surface area contributed by atoms with Crippen LogP contribution in [0.5, 0.6) is 0 Å². The van der Waals surface area contributed by atoms with Crippen molar-refractivity contribution in [1.29, 1.82) is 0 Å². The molecule has 0 saturated carbocycles. The lowest BCUT2D eigenvalue weighted by Gasteiger charge is -2.35. The standard InChI is InChI=1S/C22H36N4O2.2ClH/c1-15(2)21(23)22(28)25-11-20(27)24-10-18-7-5-6-8-19(18)14-26-12-16(3)9-17(4)13-26;;/h5-8,15-17,21H,9-14,23H2,1-4H3,(H,24,27)(H,25,28);2*1H/t16?,17?,21-;;/m0../s1. The van der Waals surface area contributed by atoms with Crippen LogP contribution in [-0.4, -0.2) is 42.4 Å². The monoisotopic (exact) mass is 460 g/mol. The molecular weight excluding hydrogens is 423 g/mol. The topological polar surface area (TPSA) is 87.5 Å². The molecule has 8 heteroatoms. The molecule has 0 aromatic heterocycles. The van der Waals surface area contributed by atoms with Gasteiger partial charge in [0.15, 0.2) is 0 Å². The van der Waals surface area contributed by atoms with Crippen LogP contribution in [0.3, 0.4) is 0 Å². The average Bonchev–Trinajstić information content (AvgIpc) is 2.63. The Morgan fingerprint density at radius 3 is 2.20 bits per heavy atom. The van der Waals surface area contributed by atoms with E-state index in [0.29, 0.717) is 6.54 Å². The Bertz CT molecular complexity index is 662. The van der Waals surface area contributed by atoms with Crippen molar-refractivity contribution < 1.29 is 9.59 Å². The van der Waals surface area contributed by atoms with Crippen molar-refractivity contribution in [3.05, 3.63) is 35.4 Å². The van der Waals surface area contributed by atoms with Crippen molar-refractivity contribution in [2.75, 3.05) is 19.6 Å². The van der Waals surface area contributed by atoms with E-state index in [0.717, 1.165) is 37.0 Å². The number of nitrogens with zero attached hydrogens (tertiary/aromatic N) is 1. The second-order valence-electron chi connectivity index (χ2n) is 8.67. The minimum atomic E-state index is -0.595. The molecule has 1 heterocycles. The van der Waals surface area contributed by atoms with Crippen LogP contribution >= 0.6 is 24.8 Å². The Kier molecular flexibility index (Phi) is 13.2. The second-order valence-corrected chi connectivity index (χ2v) is 8.67. The number of hydrogen-bond donors (Lipinski definition) is 3. The average molecular weight is 461 g/mol. The third-order valence-electron chi connectivity index (χ3n) is 5.38. The Balaban J connectivity index is 0.00000420. The van der Waals surface area contributed by atoms with E-state index in [9.17, 15) is 9.59 Å². The van der Waals surface area contributed by atoms with Crippen LogP contribution in [0.4, 0.5) is 0 Å². The molecule has 1 aliphatic rings. The maximum absolute atomic E-state index is 12.1. The van der Waals surface area contributed by atoms with Gasteiger partial charge in [0.1, 0.15) is 0 Å². The Morgan fingerprint density at radius 2 is 1.63 bits per heavy atom. The minimum Gasteiger partial charge on any atom is -0.350 e. The summed E-state index contributed by atoms with van der Waals surface area (Å²) < 4.78 is 0. The first-order valence-electron chi connectivity index (χ1n) is 10.3. The maximum Gasteiger partial charge on any atom is 0.239 e. The molecule has 0 bridgehead atoms. The minimum absolute atomic E-state index is 0. The van der Waals surface area contributed by atoms with E-state index >= 15 is 0 Å². The lowest BCUT2D eigenvalue weighted by molar-refractivity contribution is -0.127. The highest BCUT2D eigenvalue weighted by atomic mass is 35.5. The number of nitrogens with one attached hydrogen (secondary N) is 2. The van der Waals surface area contributed by atoms with Gasteiger partial charge in [-0.3, -0.25) is 14.5 Å². The predicted molar refractivity (Wildman–Crippen MR) is 127 cm³/mol. The highest BCUT2D eigenvalue weighted by Crippen LogP contribution is 2.23. The number of piperidine rings is 1. The Labute approximate surface area is 193 Å². The number of nitrogens with two attached hydrogens (primary N) is 1. The summed E-state index contributed by atoms with van der Waals surface area (Å²) in [4.78, 5) is 26.5. The third kappa shape index (κ3) is 9.21. The molecule has 2 rings (SSSR count). The van der Waals surface area contributed by atoms with Crippen molar-refractivity contribution in [3.63, 3.8) is 0 Å². The van der Waals surface area contributed by atoms with Crippen LogP contribution in [-0.2, 0) is 22.7 Å². The van der Waals surface area contributed by atoms with Crippen molar-refractivity contribution in [1.82, 2.24) is 15.5 Å². The number of carbonyl (C=O) groups excluding carboxylic acids is 2. The van der Waals surface area contributed by atoms with Gasteiger partial charge in [-0.1, -0.05) is 52.0 Å². The number of carbonyl (C=O) groups is 2. The van der Waals surface area contributed by atoms with Crippen LogP contribution in [0.2, 0.25) is 0 Å². The van der Waals surface area contributed by atoms with Crippen LogP contribution < -0.4 is 16.4 Å². The molecule has 1 aliphatic heterocycles. The summed E-state index contributed by atoms with van der Waals surface area (Å²) >= 11 is 0. The largest absolute Gasteiger partial charge is 0.350 e. The van der Waals surface area contributed by atoms with Crippen LogP contribution in [0.15, 0.2) is 24.3 Å². The number of amides is 2. The Morgan fingerprint density at radius 1 is 1.07 bits per heavy atom. The lowest BCUT2D eigenvalue weighted by Crippen LogP contribution is -2.47. The quantitative estimate of drug-likeness (QED) is 0.556. The van der Waals surface area contributed by atoms with Gasteiger partial charge in [-0.2, -0.15) is 0 Å². The van der Waals surface area contributed by atoms with Crippen LogP contribution in [0, 0.1) is 17.8 Å². The molecule has 1 saturated heterocycles. The van der Waals surface area contributed by atoms with Gasteiger partial charge in [-0.05, 0) is 35.3 Å². The van der Waals surface area contributed by atoms with Gasteiger partial charge in [-0.25, -0.2) is 0 Å². The fourth-order valence-corrected chi connectivity index (χ4v) is 3.89. The van der Waals surface area contributed by atoms with E-state index < -0.39 is 6.04 Å². The summed E-state index contributed by atoms with van der Waals surface area (Å²) in [7, 11) is 0. The second kappa shape index (κ2) is 13.9. The van der Waals surface area contributed by atoms with Crippen molar-refractivity contribution in [2.45, 2.75) is 53.2 Å². The van der Waals surface area contributed by atoms with E-state index in [1.165, 1.54) is 12.0 Å². The SMILES string of the molecule is CC1CC(C)CN(Cc2ccccc2CNC(=O)CNC(=O)[C@@H](N)C(C)C)C1.Cl.Cl. The molecule has 0 spiro atoms. The molecule has 2 unspecified atom stereocenters. The molecule has 2 amide bonds. The van der Waals surface area contributed by atoms with Gasteiger partial charge >= 0.3 is 0 Å². The molecular formula is C22H38Cl2N4O2. The first kappa shape index (κ1) is 28.7. The number of hydrogen-bond acceptors (Lipinski definition) is 4. The van der Waals surface area contributed by atoms with E-state index in [1.54, 1.807) is 0 Å². The normalized spacial score (nSPS) is 19.9. The van der Waals surface area contributed by atoms with E-state index in [2.05, 4.69) is 41.5 Å². The van der Waals surface area contributed by atoms with Gasteiger partial charge in [0, 0.05) is 26.2 Å². The summed E-state index contributed by atoms with van der Waals surface area (Å²) in [6, 6.07) is 7.64. The highest BCUT2D eigenvalue weighted by molar-refractivity contribution is 5.87. The molecule has 0 radical (unpaired) electrons. The van der Waals surface area contributed by atoms with Crippen LogP contribution in [0.1, 0.15) is 45.2 Å². The fraction of sp³-hybridized carbons (Fsp3) is 0.636. The van der Waals surface area contributed by atoms with Gasteiger partial charge in [0.05, 0.1) is 12.6 Å². The summed E-state index contributed by atoms with van der Waals surface area (Å²) in [5.74, 6) is 0.973. The molecule has 6 nitrogen and oxygen atoms in total. The first-order chi connectivity index (χ1) is 13.3. The van der Waals surface area contributed by atoms with Gasteiger partial charge in [-0.15, -0.1) is 24.8 Å². The summed E-state index contributed by atoms with van der Waals surface area (Å²) in [6.45, 7) is 11.9. The molecule has 1 aromatic rings. The molecule has 172 valence electrons. The van der Waals surface area contributed by atoms with Crippen molar-refractivity contribution >= 4 is 36.6 Å². The molecule has 0 aliphatic carbocycles. The first-order valence-corrected chi connectivity index (χ1v) is 10.3. The molecule has 1 fully saturated rings. The molecule has 30 heavy (non-hydrogen) atoms. The van der Waals surface area contributed by atoms with E-state index in [4.69, 9.17) is 5.73 Å². The summed E-state index contributed by atoms with van der Waals surface area (Å²) in [6.07, 6.45) is 1.29. The molecule has 3 atom stereocenters.